The lowest BCUT2D eigenvalue weighted by molar-refractivity contribution is -0.121. The number of ether oxygens (including phenoxy) is 1. The second-order valence-electron chi connectivity index (χ2n) is 11.1. The summed E-state index contributed by atoms with van der Waals surface area (Å²) in [6.45, 7) is -0.0783. The Morgan fingerprint density at radius 2 is 1.79 bits per heavy atom. The van der Waals surface area contributed by atoms with Gasteiger partial charge in [0.15, 0.2) is 23.1 Å². The number of methoxy groups -OCH3 is 1. The van der Waals surface area contributed by atoms with Crippen molar-refractivity contribution < 1.29 is 44.0 Å². The van der Waals surface area contributed by atoms with E-state index in [0.717, 1.165) is 13.2 Å². The number of rotatable bonds is 5. The number of aryl methyl sites for hydroxylation is 1. The molecule has 1 atom stereocenters. The number of nitrogens with one attached hydrogen (secondary N) is 2. The van der Waals surface area contributed by atoms with Crippen LogP contribution in [0.2, 0.25) is 0 Å². The fourth-order valence-corrected chi connectivity index (χ4v) is 6.95. The van der Waals surface area contributed by atoms with E-state index in [1.54, 1.807) is 0 Å². The Hall–Kier alpha value is -5.90. The third-order valence-corrected chi connectivity index (χ3v) is 9.29. The average molecular weight is 702 g/mol. The van der Waals surface area contributed by atoms with Crippen molar-refractivity contribution in [2.45, 2.75) is 24.8 Å². The number of carbonyl (C=O) groups is 5. The monoisotopic (exact) mass is 701 g/mol. The van der Waals surface area contributed by atoms with Crippen molar-refractivity contribution in [3.63, 3.8) is 0 Å². The molecule has 16 heteroatoms. The maximum Gasteiger partial charge on any atom is 0.260 e. The van der Waals surface area contributed by atoms with Gasteiger partial charge in [0.25, 0.3) is 11.5 Å². The molecule has 47 heavy (non-hydrogen) atoms. The van der Waals surface area contributed by atoms with Crippen LogP contribution in [0.3, 0.4) is 0 Å². The molecule has 236 valence electrons. The van der Waals surface area contributed by atoms with Crippen LogP contribution in [0, 0.1) is 0 Å². The van der Waals surface area contributed by atoms with E-state index in [2.05, 4.69) is 36.4 Å². The molecule has 2 aromatic carbocycles. The van der Waals surface area contributed by atoms with Gasteiger partial charge in [-0.25, -0.2) is 10.4 Å². The van der Waals surface area contributed by atoms with Crippen molar-refractivity contribution in [1.82, 2.24) is 20.0 Å². The molecule has 2 heterocycles. The number of H-pyrrole nitrogens is 1. The van der Waals surface area contributed by atoms with Crippen LogP contribution < -0.4 is 11.0 Å². The number of benzene rings is 2. The van der Waals surface area contributed by atoms with Gasteiger partial charge in [-0.2, -0.15) is 5.10 Å². The Bertz CT molecular complexity index is 2320. The smallest absolute Gasteiger partial charge is 0.260 e. The normalized spacial score (nSPS) is 18.2. The van der Waals surface area contributed by atoms with Crippen molar-refractivity contribution in [3.8, 4) is 17.2 Å². The Balaban J connectivity index is 1.28. The number of imidazole rings is 1. The van der Waals surface area contributed by atoms with Gasteiger partial charge in [-0.1, -0.05) is 6.07 Å². The van der Waals surface area contributed by atoms with Gasteiger partial charge in [-0.3, -0.25) is 28.8 Å². The van der Waals surface area contributed by atoms with Gasteiger partial charge in [0.2, 0.25) is 5.78 Å². The molecule has 2 aromatic heterocycles. The second-order valence-corrected chi connectivity index (χ2v) is 11.9. The molecule has 4 aromatic rings. The van der Waals surface area contributed by atoms with Crippen molar-refractivity contribution >= 4 is 62.0 Å². The Labute approximate surface area is 270 Å². The molecule has 0 bridgehead atoms. The van der Waals surface area contributed by atoms with E-state index in [0.29, 0.717) is 10.2 Å². The van der Waals surface area contributed by atoms with Gasteiger partial charge in [-0.15, -0.1) is 0 Å². The quantitative estimate of drug-likeness (QED) is 0.0873. The molecular formula is C31H20BrN5O10. The lowest BCUT2D eigenvalue weighted by Gasteiger charge is -2.22. The minimum absolute atomic E-state index is 0.0782. The number of hydrogen-bond acceptors (Lipinski definition) is 12. The number of hydrogen-bond donors (Lipinski definition) is 5. The number of pyridine rings is 1. The number of carbonyl (C=O) groups excluding carboxylic acids is 5. The molecule has 0 fully saturated rings. The van der Waals surface area contributed by atoms with Crippen LogP contribution >= 0.6 is 15.9 Å². The number of Topliss-reactive ketones (excluding diaryl/α,β-unsaturated/α-hetero) is 3. The number of amides is 1. The van der Waals surface area contributed by atoms with Gasteiger partial charge in [0.1, 0.15) is 33.8 Å². The maximum absolute atomic E-state index is 14.1. The molecule has 0 radical (unpaired) electrons. The Morgan fingerprint density at radius 3 is 2.45 bits per heavy atom. The summed E-state index contributed by atoms with van der Waals surface area (Å²) in [5, 5.41) is 37.6. The Kier molecular flexibility index (Phi) is 6.54. The number of phenolic OH excluding ortho intramolecular Hbond substituents is 3. The number of fused-ring (bicyclic) bond motifs is 5. The van der Waals surface area contributed by atoms with Crippen LogP contribution in [0.1, 0.15) is 64.7 Å². The number of phenols is 3. The number of aromatic amines is 1. The molecule has 0 saturated carbocycles. The van der Waals surface area contributed by atoms with E-state index in [1.165, 1.54) is 35.4 Å². The number of aromatic hydroxyl groups is 3. The second kappa shape index (κ2) is 10.3. The SMILES string of the molecule is COC1=CC(=O)c2c(O)c3c(c(O)c2C1=O)C(=O)[C@]1(CCc2cc4cc(C=NNC(=O)Cn5cncc5Br)[nH]c(=O)c4c(O)c21)C3=O. The third-order valence-electron chi connectivity index (χ3n) is 8.63. The first-order valence-electron chi connectivity index (χ1n) is 13.9. The van der Waals surface area contributed by atoms with Crippen molar-refractivity contribution in [1.29, 1.82) is 0 Å². The van der Waals surface area contributed by atoms with Crippen LogP contribution in [-0.2, 0) is 27.9 Å². The molecule has 3 aliphatic carbocycles. The highest BCUT2D eigenvalue weighted by atomic mass is 79.9. The predicted octanol–water partition coefficient (Wildman–Crippen LogP) is 1.93. The number of halogens is 1. The van der Waals surface area contributed by atoms with E-state index in [1.807, 2.05) is 0 Å². The minimum Gasteiger partial charge on any atom is -0.507 e. The largest absolute Gasteiger partial charge is 0.507 e. The van der Waals surface area contributed by atoms with E-state index in [9.17, 15) is 44.1 Å². The van der Waals surface area contributed by atoms with Crippen LogP contribution in [0.15, 0.2) is 51.0 Å². The molecule has 1 amide bonds. The van der Waals surface area contributed by atoms with E-state index >= 15 is 0 Å². The minimum atomic E-state index is -2.15. The van der Waals surface area contributed by atoms with E-state index < -0.39 is 85.3 Å². The van der Waals surface area contributed by atoms with Gasteiger partial charge < -0.3 is 29.6 Å². The zero-order valence-electron chi connectivity index (χ0n) is 24.0. The molecule has 3 aliphatic rings. The fraction of sp³-hybridized carbons (Fsp3) is 0.161. The summed E-state index contributed by atoms with van der Waals surface area (Å²) < 4.78 is 7.03. The van der Waals surface area contributed by atoms with Crippen LogP contribution in [0.25, 0.3) is 10.8 Å². The molecule has 7 rings (SSSR count). The highest BCUT2D eigenvalue weighted by molar-refractivity contribution is 9.10. The highest BCUT2D eigenvalue weighted by Crippen LogP contribution is 2.57. The maximum atomic E-state index is 14.1. The Morgan fingerprint density at radius 1 is 1.09 bits per heavy atom. The van der Waals surface area contributed by atoms with Crippen LogP contribution in [0.4, 0.5) is 0 Å². The first kappa shape index (κ1) is 29.8. The summed E-state index contributed by atoms with van der Waals surface area (Å²) in [5.41, 5.74) is -2.94. The summed E-state index contributed by atoms with van der Waals surface area (Å²) in [4.78, 5) is 85.9. The van der Waals surface area contributed by atoms with Gasteiger partial charge in [0, 0.05) is 11.6 Å². The van der Waals surface area contributed by atoms with Gasteiger partial charge in [-0.05, 0) is 45.8 Å². The molecular weight excluding hydrogens is 682 g/mol. The third kappa shape index (κ3) is 4.04. The predicted molar refractivity (Wildman–Crippen MR) is 164 cm³/mol. The number of aromatic nitrogens is 3. The molecule has 5 N–H and O–H groups in total. The van der Waals surface area contributed by atoms with Gasteiger partial charge >= 0.3 is 0 Å². The van der Waals surface area contributed by atoms with E-state index in [-0.39, 0.29) is 41.4 Å². The van der Waals surface area contributed by atoms with E-state index in [4.69, 9.17) is 4.74 Å². The van der Waals surface area contributed by atoms with Crippen molar-refractivity contribution in [3.05, 3.63) is 90.5 Å². The van der Waals surface area contributed by atoms with Gasteiger partial charge in [0.05, 0.1) is 59.2 Å². The number of nitrogens with zero attached hydrogens (tertiary/aromatic N) is 3. The lowest BCUT2D eigenvalue weighted by Crippen LogP contribution is -2.36. The zero-order valence-corrected chi connectivity index (χ0v) is 25.6. The summed E-state index contributed by atoms with van der Waals surface area (Å²) in [7, 11) is 1.12. The molecule has 0 unspecified atom stereocenters. The number of allylic oxidation sites excluding steroid dienone is 2. The number of hydrazone groups is 1. The topological polar surface area (TPSA) is 230 Å². The summed E-state index contributed by atoms with van der Waals surface area (Å²) in [6, 6.07) is 3.00. The lowest BCUT2D eigenvalue weighted by atomic mass is 9.76. The summed E-state index contributed by atoms with van der Waals surface area (Å²) in [5.74, 6) is -7.40. The highest BCUT2D eigenvalue weighted by Gasteiger charge is 2.61. The molecule has 0 aliphatic heterocycles. The van der Waals surface area contributed by atoms with Crippen molar-refractivity contribution in [2.75, 3.05) is 7.11 Å². The first-order chi connectivity index (χ1) is 22.4. The molecule has 0 saturated heterocycles. The molecule has 1 spiro atoms. The number of ketones is 4. The van der Waals surface area contributed by atoms with Crippen LogP contribution in [0.5, 0.6) is 17.2 Å². The van der Waals surface area contributed by atoms with Crippen LogP contribution in [-0.4, -0.2) is 72.2 Å². The average Bonchev–Trinajstić information content (AvgIpc) is 3.68. The fourth-order valence-electron chi connectivity index (χ4n) is 6.61. The zero-order chi connectivity index (χ0) is 33.5. The first-order valence-corrected chi connectivity index (χ1v) is 14.7. The molecule has 15 nitrogen and oxygen atoms in total. The standard InChI is InChI=1S/C31H20BrN5O10/c1-47-15-6-14(38)19-20(24(15)40)26(42)22-21(25(19)41)28(44)31(29(22)45)3-2-11-4-12-5-13(35-30(46)18(12)27(43)23(11)31)7-34-36-17(39)9-37-10-33-8-16(37)32/h4-8,10,41-43H,2-3,9H2,1H3,(H,35,46)(H,36,39)/t31-/m0/s1. The van der Waals surface area contributed by atoms with Crippen molar-refractivity contribution in [2.24, 2.45) is 5.10 Å². The summed E-state index contributed by atoms with van der Waals surface area (Å²) >= 11 is 3.25. The summed E-state index contributed by atoms with van der Waals surface area (Å²) in [6.07, 6.45) is 4.83.